The molecule has 3 heteroatoms. The van der Waals surface area contributed by atoms with Gasteiger partial charge in [0.25, 0.3) is 0 Å². The topological polar surface area (TPSA) is 38.3 Å². The smallest absolute Gasteiger partial charge is 0.407 e. The largest absolute Gasteiger partial charge is 0.449 e. The molecule has 1 aromatic rings. The fourth-order valence-electron chi connectivity index (χ4n) is 1.98. The molecule has 1 aliphatic rings. The number of carbonyl (C=O) groups is 1. The Bertz CT molecular complexity index is 387. The number of carbonyl (C=O) groups excluding carboxylic acids is 1. The van der Waals surface area contributed by atoms with Crippen LogP contribution in [0.5, 0.6) is 0 Å². The molecule has 1 aromatic carbocycles. The van der Waals surface area contributed by atoms with Gasteiger partial charge in [0, 0.05) is 6.42 Å². The maximum absolute atomic E-state index is 11.1. The van der Waals surface area contributed by atoms with Gasteiger partial charge in [0.2, 0.25) is 0 Å². The molecule has 1 N–H and O–H groups in total. The molecule has 0 saturated carbocycles. The minimum absolute atomic E-state index is 0.104. The van der Waals surface area contributed by atoms with Crippen LogP contribution in [0.1, 0.15) is 29.2 Å². The number of hydrogen-bond donors (Lipinski definition) is 1. The summed E-state index contributed by atoms with van der Waals surface area (Å²) in [6.07, 6.45) is 0.529. The summed E-state index contributed by atoms with van der Waals surface area (Å²) in [5.74, 6) is 0. The Hall–Kier alpha value is -1.51. The minimum Gasteiger partial charge on any atom is -0.449 e. The van der Waals surface area contributed by atoms with Crippen molar-refractivity contribution in [3.8, 4) is 0 Å². The van der Waals surface area contributed by atoms with E-state index >= 15 is 0 Å². The van der Waals surface area contributed by atoms with Gasteiger partial charge in [-0.2, -0.15) is 0 Å². The maximum atomic E-state index is 11.1. The summed E-state index contributed by atoms with van der Waals surface area (Å²) in [7, 11) is 0. The summed E-state index contributed by atoms with van der Waals surface area (Å²) in [5.41, 5.74) is 3.66. The predicted octanol–water partition coefficient (Wildman–Crippen LogP) is 2.47. The fraction of sp³-hybridized carbons (Fsp3) is 0.417. The van der Waals surface area contributed by atoms with Crippen molar-refractivity contribution >= 4 is 6.09 Å². The quantitative estimate of drug-likeness (QED) is 0.764. The van der Waals surface area contributed by atoms with Crippen LogP contribution < -0.4 is 5.32 Å². The summed E-state index contributed by atoms with van der Waals surface area (Å²) >= 11 is 0. The molecule has 1 saturated heterocycles. The normalized spacial score (nSPS) is 20.7. The van der Waals surface area contributed by atoms with Crippen molar-refractivity contribution in [2.75, 3.05) is 6.61 Å². The van der Waals surface area contributed by atoms with Gasteiger partial charge in [0.15, 0.2) is 0 Å². The Kier molecular flexibility index (Phi) is 2.62. The van der Waals surface area contributed by atoms with Crippen LogP contribution in [0, 0.1) is 13.8 Å². The zero-order valence-corrected chi connectivity index (χ0v) is 9.04. The minimum atomic E-state index is -0.314. The van der Waals surface area contributed by atoms with Crippen molar-refractivity contribution in [1.29, 1.82) is 0 Å². The van der Waals surface area contributed by atoms with Gasteiger partial charge in [-0.1, -0.05) is 23.8 Å². The number of rotatable bonds is 1. The van der Waals surface area contributed by atoms with Crippen molar-refractivity contribution in [1.82, 2.24) is 5.32 Å². The first-order valence-corrected chi connectivity index (χ1v) is 5.17. The number of cyclic esters (lactones) is 1. The van der Waals surface area contributed by atoms with E-state index in [0.717, 1.165) is 6.42 Å². The van der Waals surface area contributed by atoms with Crippen LogP contribution in [0.15, 0.2) is 18.2 Å². The lowest BCUT2D eigenvalue weighted by atomic mass is 9.97. The van der Waals surface area contributed by atoms with E-state index in [1.54, 1.807) is 0 Å². The highest BCUT2D eigenvalue weighted by Crippen LogP contribution is 2.23. The molecule has 0 radical (unpaired) electrons. The zero-order chi connectivity index (χ0) is 10.8. The summed E-state index contributed by atoms with van der Waals surface area (Å²) in [6.45, 7) is 4.65. The molecule has 1 atom stereocenters. The van der Waals surface area contributed by atoms with Gasteiger partial charge >= 0.3 is 6.09 Å². The third kappa shape index (κ3) is 2.12. The van der Waals surface area contributed by atoms with Crippen LogP contribution >= 0.6 is 0 Å². The predicted molar refractivity (Wildman–Crippen MR) is 57.8 cm³/mol. The Balaban J connectivity index is 2.24. The number of ether oxygens (including phenoxy) is 1. The van der Waals surface area contributed by atoms with E-state index in [1.807, 2.05) is 0 Å². The van der Waals surface area contributed by atoms with Crippen LogP contribution in [0.2, 0.25) is 0 Å². The van der Waals surface area contributed by atoms with E-state index in [0.29, 0.717) is 6.61 Å². The van der Waals surface area contributed by atoms with Crippen LogP contribution in [-0.4, -0.2) is 12.7 Å². The monoisotopic (exact) mass is 205 g/mol. The van der Waals surface area contributed by atoms with E-state index in [9.17, 15) is 4.79 Å². The highest BCUT2D eigenvalue weighted by Gasteiger charge is 2.21. The summed E-state index contributed by atoms with van der Waals surface area (Å²) in [5, 5.41) is 2.83. The first-order chi connectivity index (χ1) is 7.16. The summed E-state index contributed by atoms with van der Waals surface area (Å²) < 4.78 is 4.84. The van der Waals surface area contributed by atoms with Crippen molar-refractivity contribution in [2.45, 2.75) is 26.3 Å². The average molecular weight is 205 g/mol. The van der Waals surface area contributed by atoms with E-state index in [2.05, 4.69) is 37.4 Å². The van der Waals surface area contributed by atoms with Crippen LogP contribution in [-0.2, 0) is 4.74 Å². The average Bonchev–Trinajstić information content (AvgIpc) is 2.17. The van der Waals surface area contributed by atoms with E-state index in [-0.39, 0.29) is 12.1 Å². The molecule has 1 fully saturated rings. The van der Waals surface area contributed by atoms with Gasteiger partial charge in [0.05, 0.1) is 12.6 Å². The van der Waals surface area contributed by atoms with Gasteiger partial charge in [-0.3, -0.25) is 0 Å². The molecule has 15 heavy (non-hydrogen) atoms. The molecular formula is C12H15NO2. The van der Waals surface area contributed by atoms with E-state index < -0.39 is 0 Å². The highest BCUT2D eigenvalue weighted by molar-refractivity contribution is 5.68. The SMILES string of the molecule is Cc1ccc([C@@H]2CCOC(=O)N2)c(C)c1. The Morgan fingerprint density at radius 1 is 1.40 bits per heavy atom. The molecule has 0 aromatic heterocycles. The molecule has 0 aliphatic carbocycles. The number of hydrogen-bond acceptors (Lipinski definition) is 2. The second-order valence-corrected chi connectivity index (χ2v) is 3.98. The van der Waals surface area contributed by atoms with Crippen molar-refractivity contribution in [3.05, 3.63) is 34.9 Å². The number of aryl methyl sites for hydroxylation is 2. The van der Waals surface area contributed by atoms with Gasteiger partial charge in [-0.05, 0) is 25.0 Å². The van der Waals surface area contributed by atoms with Gasteiger partial charge < -0.3 is 10.1 Å². The lowest BCUT2D eigenvalue weighted by Gasteiger charge is -2.25. The molecule has 3 nitrogen and oxygen atoms in total. The zero-order valence-electron chi connectivity index (χ0n) is 9.04. The summed E-state index contributed by atoms with van der Waals surface area (Å²) in [6, 6.07) is 6.40. The molecule has 1 amide bonds. The van der Waals surface area contributed by atoms with Gasteiger partial charge in [0.1, 0.15) is 0 Å². The first kappa shape index (κ1) is 10.0. The van der Waals surface area contributed by atoms with E-state index in [4.69, 9.17) is 4.74 Å². The molecular weight excluding hydrogens is 190 g/mol. The Labute approximate surface area is 89.4 Å². The maximum Gasteiger partial charge on any atom is 0.407 e. The second kappa shape index (κ2) is 3.93. The third-order valence-corrected chi connectivity index (χ3v) is 2.73. The van der Waals surface area contributed by atoms with Crippen molar-refractivity contribution < 1.29 is 9.53 Å². The number of benzene rings is 1. The van der Waals surface area contributed by atoms with Crippen molar-refractivity contribution in [2.24, 2.45) is 0 Å². The number of alkyl carbamates (subject to hydrolysis) is 1. The molecule has 0 spiro atoms. The van der Waals surface area contributed by atoms with E-state index in [1.165, 1.54) is 16.7 Å². The first-order valence-electron chi connectivity index (χ1n) is 5.17. The lowest BCUT2D eigenvalue weighted by Crippen LogP contribution is -2.35. The fourth-order valence-corrected chi connectivity index (χ4v) is 1.98. The van der Waals surface area contributed by atoms with Crippen molar-refractivity contribution in [3.63, 3.8) is 0 Å². The lowest BCUT2D eigenvalue weighted by molar-refractivity contribution is 0.115. The standard InChI is InChI=1S/C12H15NO2/c1-8-3-4-10(9(2)7-8)11-5-6-15-12(14)13-11/h3-4,7,11H,5-6H2,1-2H3,(H,13,14)/t11-/m0/s1. The number of nitrogens with one attached hydrogen (secondary N) is 1. The molecule has 1 heterocycles. The molecule has 2 rings (SSSR count). The van der Waals surface area contributed by atoms with Crippen LogP contribution in [0.25, 0.3) is 0 Å². The van der Waals surface area contributed by atoms with Gasteiger partial charge in [-0.15, -0.1) is 0 Å². The van der Waals surface area contributed by atoms with Crippen LogP contribution in [0.3, 0.4) is 0 Å². The summed E-state index contributed by atoms with van der Waals surface area (Å²) in [4.78, 5) is 11.1. The van der Waals surface area contributed by atoms with Gasteiger partial charge in [-0.25, -0.2) is 4.79 Å². The molecule has 0 unspecified atom stereocenters. The number of amides is 1. The highest BCUT2D eigenvalue weighted by atomic mass is 16.5. The van der Waals surface area contributed by atoms with Crippen LogP contribution in [0.4, 0.5) is 4.79 Å². The third-order valence-electron chi connectivity index (χ3n) is 2.73. The molecule has 0 bridgehead atoms. The Morgan fingerprint density at radius 2 is 2.20 bits per heavy atom. The second-order valence-electron chi connectivity index (χ2n) is 3.98. The molecule has 80 valence electrons. The Morgan fingerprint density at radius 3 is 2.87 bits per heavy atom. The molecule has 1 aliphatic heterocycles.